The average Bonchev–Trinajstić information content (AvgIpc) is 3.37. The minimum atomic E-state index is -4.55. The molecule has 4 aromatic rings. The Balaban J connectivity index is 1.44. The molecule has 224 valence electrons. The lowest BCUT2D eigenvalue weighted by molar-refractivity contribution is -0.137. The minimum Gasteiger partial charge on any atom is -0.329 e. The maximum absolute atomic E-state index is 13.2. The number of likely N-dealkylation sites (N-methyl/N-ethyl adjacent to an activating group) is 1. The fourth-order valence-corrected chi connectivity index (χ4v) is 5.22. The third-order valence-electron chi connectivity index (χ3n) is 7.33. The van der Waals surface area contributed by atoms with Crippen LogP contribution in [0.3, 0.4) is 0 Å². The number of nitrogens with zero attached hydrogens (tertiary/aromatic N) is 6. The first-order valence-corrected chi connectivity index (χ1v) is 13.9. The number of likely N-dealkylation sites (tertiary alicyclic amines) is 1. The van der Waals surface area contributed by atoms with Crippen molar-refractivity contribution in [2.45, 2.75) is 38.4 Å². The number of benzene rings is 1. The quantitative estimate of drug-likeness (QED) is 0.284. The first-order valence-electron chi connectivity index (χ1n) is 13.9. The lowest BCUT2D eigenvalue weighted by Gasteiger charge is -2.34. The number of imidazole rings is 1. The highest BCUT2D eigenvalue weighted by atomic mass is 19.4. The van der Waals surface area contributed by atoms with Gasteiger partial charge in [0, 0.05) is 48.9 Å². The topological polar surface area (TPSA) is 95.7 Å². The number of carbonyl (C=O) groups is 2. The summed E-state index contributed by atoms with van der Waals surface area (Å²) in [5.41, 5.74) is 2.29. The summed E-state index contributed by atoms with van der Waals surface area (Å²) in [6, 6.07) is 8.05. The van der Waals surface area contributed by atoms with Crippen molar-refractivity contribution in [2.75, 3.05) is 32.5 Å². The van der Waals surface area contributed by atoms with Crippen LogP contribution in [-0.2, 0) is 11.0 Å². The SMILES string of the molecule is Cc1nccn2c([C@@H]3CCCCN3C(=O)C=CCN(C)C)nc(-c3ccc(C(=O)Nc4cc(C(F)(F)F)ccn4)cc3)c12. The molecule has 1 fully saturated rings. The van der Waals surface area contributed by atoms with E-state index in [2.05, 4.69) is 15.3 Å². The zero-order chi connectivity index (χ0) is 30.7. The van der Waals surface area contributed by atoms with Gasteiger partial charge in [0.25, 0.3) is 5.91 Å². The maximum atomic E-state index is 13.2. The van der Waals surface area contributed by atoms with Crippen LogP contribution in [0.25, 0.3) is 16.8 Å². The third-order valence-corrected chi connectivity index (χ3v) is 7.33. The molecule has 1 aromatic carbocycles. The maximum Gasteiger partial charge on any atom is 0.416 e. The minimum absolute atomic E-state index is 0.0544. The second-order valence-corrected chi connectivity index (χ2v) is 10.7. The van der Waals surface area contributed by atoms with Crippen molar-refractivity contribution in [3.63, 3.8) is 0 Å². The van der Waals surface area contributed by atoms with Crippen LogP contribution in [-0.4, -0.2) is 68.2 Å². The van der Waals surface area contributed by atoms with E-state index >= 15 is 0 Å². The molecule has 5 rings (SSSR count). The molecule has 3 aromatic heterocycles. The summed E-state index contributed by atoms with van der Waals surface area (Å²) in [6.07, 6.45) is 6.15. The second kappa shape index (κ2) is 12.3. The molecule has 4 heterocycles. The Morgan fingerprint density at radius 1 is 1.09 bits per heavy atom. The van der Waals surface area contributed by atoms with Gasteiger partial charge < -0.3 is 15.1 Å². The van der Waals surface area contributed by atoms with E-state index in [9.17, 15) is 22.8 Å². The normalized spacial score (nSPS) is 15.9. The van der Waals surface area contributed by atoms with Crippen molar-refractivity contribution in [3.05, 3.63) is 89.8 Å². The van der Waals surface area contributed by atoms with Crippen molar-refractivity contribution in [2.24, 2.45) is 0 Å². The lowest BCUT2D eigenvalue weighted by Crippen LogP contribution is -2.38. The molecule has 43 heavy (non-hydrogen) atoms. The number of aryl methyl sites for hydroxylation is 1. The van der Waals surface area contributed by atoms with Crippen molar-refractivity contribution in [1.29, 1.82) is 0 Å². The van der Waals surface area contributed by atoms with Gasteiger partial charge in [0.1, 0.15) is 11.6 Å². The summed E-state index contributed by atoms with van der Waals surface area (Å²) in [7, 11) is 3.89. The van der Waals surface area contributed by atoms with Crippen LogP contribution in [0.1, 0.15) is 52.7 Å². The van der Waals surface area contributed by atoms with E-state index in [4.69, 9.17) is 4.98 Å². The number of piperidine rings is 1. The summed E-state index contributed by atoms with van der Waals surface area (Å²) in [5.74, 6) is -0.105. The Kier molecular flexibility index (Phi) is 8.58. The Hall–Kier alpha value is -4.58. The molecule has 1 aliphatic rings. The first-order chi connectivity index (χ1) is 20.5. The molecule has 0 spiro atoms. The number of rotatable bonds is 7. The Labute approximate surface area is 247 Å². The standard InChI is InChI=1S/C31H32F3N7O2/c1-20-28-27(21-9-11-22(12-10-21)30(43)37-25-19-23(13-14-36-25)31(32,33)34)38-29(41(28)18-15-35-20)24-7-4-5-17-40(24)26(42)8-6-16-39(2)3/h6,8-15,18-19,24H,4-5,7,16-17H2,1-3H3,(H,36,37,43)/t24-/m0/s1. The van der Waals surface area contributed by atoms with Crippen LogP contribution >= 0.6 is 0 Å². The van der Waals surface area contributed by atoms with Gasteiger partial charge in [-0.05, 0) is 64.5 Å². The van der Waals surface area contributed by atoms with Crippen LogP contribution in [0.15, 0.2) is 67.1 Å². The van der Waals surface area contributed by atoms with E-state index < -0.39 is 17.6 Å². The number of amides is 2. The summed E-state index contributed by atoms with van der Waals surface area (Å²) in [6.45, 7) is 3.19. The zero-order valence-electron chi connectivity index (χ0n) is 24.1. The molecule has 1 N–H and O–H groups in total. The number of fused-ring (bicyclic) bond motifs is 1. The number of nitrogens with one attached hydrogen (secondary N) is 1. The zero-order valence-corrected chi connectivity index (χ0v) is 24.1. The molecule has 0 bridgehead atoms. The van der Waals surface area contributed by atoms with Crippen LogP contribution in [0, 0.1) is 6.92 Å². The molecule has 2 amide bonds. The number of halogens is 3. The fourth-order valence-electron chi connectivity index (χ4n) is 5.22. The van der Waals surface area contributed by atoms with Gasteiger partial charge in [-0.3, -0.25) is 19.0 Å². The van der Waals surface area contributed by atoms with Crippen LogP contribution < -0.4 is 5.32 Å². The fraction of sp³-hybridized carbons (Fsp3) is 0.323. The van der Waals surface area contributed by atoms with Crippen molar-refractivity contribution in [3.8, 4) is 11.3 Å². The smallest absolute Gasteiger partial charge is 0.329 e. The van der Waals surface area contributed by atoms with Gasteiger partial charge >= 0.3 is 6.18 Å². The van der Waals surface area contributed by atoms with E-state index in [1.54, 1.807) is 36.5 Å². The van der Waals surface area contributed by atoms with Gasteiger partial charge in [-0.2, -0.15) is 13.2 Å². The van der Waals surface area contributed by atoms with Gasteiger partial charge in [-0.25, -0.2) is 9.97 Å². The predicted octanol–water partition coefficient (Wildman–Crippen LogP) is 5.54. The van der Waals surface area contributed by atoms with Gasteiger partial charge in [-0.15, -0.1) is 0 Å². The van der Waals surface area contributed by atoms with Crippen molar-refractivity contribution in [1.82, 2.24) is 29.2 Å². The molecule has 0 unspecified atom stereocenters. The third kappa shape index (κ3) is 6.59. The molecular formula is C31H32F3N7O2. The first kappa shape index (κ1) is 29.9. The van der Waals surface area contributed by atoms with Crippen LogP contribution in [0.2, 0.25) is 0 Å². The number of carbonyl (C=O) groups excluding carboxylic acids is 2. The van der Waals surface area contributed by atoms with Crippen LogP contribution in [0.4, 0.5) is 19.0 Å². The molecule has 9 nitrogen and oxygen atoms in total. The number of pyridine rings is 1. The molecule has 0 saturated carbocycles. The van der Waals surface area contributed by atoms with Crippen LogP contribution in [0.5, 0.6) is 0 Å². The Morgan fingerprint density at radius 2 is 1.86 bits per heavy atom. The number of anilines is 1. The number of hydrogen-bond acceptors (Lipinski definition) is 6. The van der Waals surface area contributed by atoms with E-state index in [1.807, 2.05) is 47.5 Å². The highest BCUT2D eigenvalue weighted by Gasteiger charge is 2.32. The number of alkyl halides is 3. The molecule has 0 radical (unpaired) electrons. The summed E-state index contributed by atoms with van der Waals surface area (Å²) in [4.78, 5) is 43.2. The highest BCUT2D eigenvalue weighted by Crippen LogP contribution is 2.35. The van der Waals surface area contributed by atoms with Gasteiger partial charge in [0.2, 0.25) is 5.91 Å². The predicted molar refractivity (Wildman–Crippen MR) is 156 cm³/mol. The van der Waals surface area contributed by atoms with Crippen molar-refractivity contribution < 1.29 is 22.8 Å². The van der Waals surface area contributed by atoms with Crippen molar-refractivity contribution >= 4 is 23.1 Å². The average molecular weight is 592 g/mol. The molecular weight excluding hydrogens is 559 g/mol. The highest BCUT2D eigenvalue weighted by molar-refractivity contribution is 6.04. The van der Waals surface area contributed by atoms with E-state index in [0.29, 0.717) is 18.8 Å². The molecule has 1 saturated heterocycles. The lowest BCUT2D eigenvalue weighted by atomic mass is 10.0. The van der Waals surface area contributed by atoms with Gasteiger partial charge in [-0.1, -0.05) is 18.2 Å². The number of aromatic nitrogens is 4. The summed E-state index contributed by atoms with van der Waals surface area (Å²) >= 11 is 0. The largest absolute Gasteiger partial charge is 0.416 e. The van der Waals surface area contributed by atoms with E-state index in [-0.39, 0.29) is 23.3 Å². The summed E-state index contributed by atoms with van der Waals surface area (Å²) < 4.78 is 41.1. The van der Waals surface area contributed by atoms with E-state index in [0.717, 1.165) is 60.2 Å². The summed E-state index contributed by atoms with van der Waals surface area (Å²) in [5, 5.41) is 2.43. The number of hydrogen-bond donors (Lipinski definition) is 1. The molecule has 0 aliphatic carbocycles. The molecule has 1 atom stereocenters. The second-order valence-electron chi connectivity index (χ2n) is 10.7. The van der Waals surface area contributed by atoms with E-state index in [1.165, 1.54) is 0 Å². The molecule has 1 aliphatic heterocycles. The Bertz CT molecular complexity index is 1660. The van der Waals surface area contributed by atoms with Gasteiger partial charge in [0.15, 0.2) is 0 Å². The monoisotopic (exact) mass is 591 g/mol. The van der Waals surface area contributed by atoms with Gasteiger partial charge in [0.05, 0.1) is 28.5 Å². The molecule has 12 heteroatoms. The Morgan fingerprint density at radius 3 is 2.58 bits per heavy atom.